The van der Waals surface area contributed by atoms with Gasteiger partial charge in [-0.3, -0.25) is 19.8 Å². The zero-order valence-electron chi connectivity index (χ0n) is 16.6. The fourth-order valence-corrected chi connectivity index (χ4v) is 3.55. The predicted molar refractivity (Wildman–Crippen MR) is 118 cm³/mol. The molecule has 0 radical (unpaired) electrons. The third kappa shape index (κ3) is 3.93. The first-order valence-corrected chi connectivity index (χ1v) is 9.76. The van der Waals surface area contributed by atoms with Crippen molar-refractivity contribution in [1.29, 1.82) is 0 Å². The molecule has 1 aliphatic rings. The fraction of sp³-hybridized carbons (Fsp3) is 0.0435. The molecule has 2 aromatic carbocycles. The number of nitrogens with zero attached hydrogens (tertiary/aromatic N) is 1. The number of aryl methyl sites for hydroxylation is 1. The number of carboxylic acid groups (broad SMARTS) is 1. The quantitative estimate of drug-likeness (QED) is 0.355. The highest BCUT2D eigenvalue weighted by molar-refractivity contribution is 7.80. The van der Waals surface area contributed by atoms with Crippen molar-refractivity contribution >= 4 is 46.9 Å². The summed E-state index contributed by atoms with van der Waals surface area (Å²) in [6.45, 7) is 1.75. The molecule has 1 aliphatic heterocycles. The molecule has 32 heavy (non-hydrogen) atoms. The summed E-state index contributed by atoms with van der Waals surface area (Å²) in [5.41, 5.74) is 1.62. The third-order valence-electron chi connectivity index (χ3n) is 4.84. The number of halogens is 1. The van der Waals surface area contributed by atoms with Crippen molar-refractivity contribution in [3.63, 3.8) is 0 Å². The zero-order chi connectivity index (χ0) is 23.0. The minimum atomic E-state index is -1.03. The van der Waals surface area contributed by atoms with Crippen LogP contribution in [0.3, 0.4) is 0 Å². The molecule has 0 unspecified atom stereocenters. The summed E-state index contributed by atoms with van der Waals surface area (Å²) in [4.78, 5) is 37.6. The first kappa shape index (κ1) is 21.1. The summed E-state index contributed by atoms with van der Waals surface area (Å²) in [6.07, 6.45) is 1.29. The lowest BCUT2D eigenvalue weighted by molar-refractivity contribution is -0.122. The van der Waals surface area contributed by atoms with Gasteiger partial charge >= 0.3 is 5.97 Å². The number of carboxylic acids is 1. The summed E-state index contributed by atoms with van der Waals surface area (Å²) in [6, 6.07) is 13.0. The maximum absolute atomic E-state index is 13.2. The van der Waals surface area contributed by atoms with Gasteiger partial charge in [0.2, 0.25) is 0 Å². The van der Waals surface area contributed by atoms with Crippen molar-refractivity contribution in [2.24, 2.45) is 0 Å². The van der Waals surface area contributed by atoms with E-state index in [-0.39, 0.29) is 22.0 Å². The van der Waals surface area contributed by atoms with E-state index in [4.69, 9.17) is 21.7 Å². The van der Waals surface area contributed by atoms with Crippen molar-refractivity contribution in [1.82, 2.24) is 5.32 Å². The van der Waals surface area contributed by atoms with Crippen LogP contribution in [0.15, 0.2) is 64.6 Å². The fourth-order valence-electron chi connectivity index (χ4n) is 3.27. The average Bonchev–Trinajstić information content (AvgIpc) is 3.20. The number of nitrogens with one attached hydrogen (secondary N) is 1. The molecule has 160 valence electrons. The van der Waals surface area contributed by atoms with Gasteiger partial charge in [-0.05, 0) is 79.3 Å². The summed E-state index contributed by atoms with van der Waals surface area (Å²) >= 11 is 5.11. The van der Waals surface area contributed by atoms with Crippen molar-refractivity contribution in [3.8, 4) is 11.3 Å². The maximum atomic E-state index is 13.2. The van der Waals surface area contributed by atoms with Crippen LogP contribution in [0.25, 0.3) is 17.4 Å². The number of aromatic carboxylic acids is 1. The van der Waals surface area contributed by atoms with Gasteiger partial charge in [0.05, 0.1) is 11.3 Å². The Labute approximate surface area is 186 Å². The van der Waals surface area contributed by atoms with E-state index >= 15 is 0 Å². The smallest absolute Gasteiger partial charge is 0.335 e. The van der Waals surface area contributed by atoms with Crippen LogP contribution in [0.5, 0.6) is 0 Å². The van der Waals surface area contributed by atoms with Gasteiger partial charge in [-0.2, -0.15) is 0 Å². The van der Waals surface area contributed by atoms with Crippen LogP contribution in [0, 0.1) is 12.7 Å². The Bertz CT molecular complexity index is 1310. The van der Waals surface area contributed by atoms with Crippen LogP contribution in [-0.2, 0) is 9.59 Å². The molecule has 0 atom stereocenters. The minimum absolute atomic E-state index is 0.113. The molecule has 0 saturated carbocycles. The standard InChI is InChI=1S/C23H15FN2O5S/c1-12-10-13(22(29)30)2-8-17(12)19-9-7-16(31-19)11-18-20(27)25-23(32)26(21(18)28)15-5-3-14(24)4-6-15/h2-11H,1H3,(H,29,30)(H,25,27,32)/b18-11-. The molecule has 9 heteroatoms. The van der Waals surface area contributed by atoms with Crippen LogP contribution < -0.4 is 10.2 Å². The lowest BCUT2D eigenvalue weighted by Crippen LogP contribution is -2.54. The Morgan fingerprint density at radius 1 is 1.12 bits per heavy atom. The molecule has 2 heterocycles. The number of thiocarbonyl (C=S) groups is 1. The number of carbonyl (C=O) groups is 3. The number of carbonyl (C=O) groups excluding carboxylic acids is 2. The van der Waals surface area contributed by atoms with Gasteiger partial charge in [-0.25, -0.2) is 9.18 Å². The maximum Gasteiger partial charge on any atom is 0.335 e. The predicted octanol–water partition coefficient (Wildman–Crippen LogP) is 3.92. The highest BCUT2D eigenvalue weighted by Gasteiger charge is 2.34. The van der Waals surface area contributed by atoms with Gasteiger partial charge in [0.1, 0.15) is 22.9 Å². The van der Waals surface area contributed by atoms with Gasteiger partial charge in [0.15, 0.2) is 5.11 Å². The van der Waals surface area contributed by atoms with Crippen molar-refractivity contribution < 1.29 is 28.3 Å². The van der Waals surface area contributed by atoms with Gasteiger partial charge in [0.25, 0.3) is 11.8 Å². The molecule has 3 aromatic rings. The lowest BCUT2D eigenvalue weighted by atomic mass is 10.0. The SMILES string of the molecule is Cc1cc(C(=O)O)ccc1-c1ccc(/C=C2/C(=O)NC(=S)N(c3ccc(F)cc3)C2=O)o1. The summed E-state index contributed by atoms with van der Waals surface area (Å²) in [5, 5.41) is 11.4. The number of anilines is 1. The van der Waals surface area contributed by atoms with Crippen molar-refractivity contribution in [2.45, 2.75) is 6.92 Å². The number of benzene rings is 2. The molecule has 2 N–H and O–H groups in total. The van der Waals surface area contributed by atoms with Gasteiger partial charge in [0, 0.05) is 5.56 Å². The molecule has 2 amide bonds. The average molecular weight is 450 g/mol. The molecule has 4 rings (SSSR count). The Hall–Kier alpha value is -4.11. The molecular weight excluding hydrogens is 435 g/mol. The van der Waals surface area contributed by atoms with Gasteiger partial charge in [-0.1, -0.05) is 6.07 Å². The number of amides is 2. The highest BCUT2D eigenvalue weighted by atomic mass is 32.1. The number of rotatable bonds is 4. The summed E-state index contributed by atoms with van der Waals surface area (Å²) in [7, 11) is 0. The topological polar surface area (TPSA) is 99.8 Å². The third-order valence-corrected chi connectivity index (χ3v) is 5.12. The summed E-state index contributed by atoms with van der Waals surface area (Å²) < 4.78 is 19.0. The van der Waals surface area contributed by atoms with E-state index in [0.717, 1.165) is 4.90 Å². The molecule has 1 aromatic heterocycles. The second-order valence-corrected chi connectivity index (χ2v) is 7.36. The molecule has 0 spiro atoms. The van der Waals surface area contributed by atoms with Gasteiger partial charge in [-0.15, -0.1) is 0 Å². The Morgan fingerprint density at radius 2 is 1.84 bits per heavy atom. The second-order valence-electron chi connectivity index (χ2n) is 6.97. The van der Waals surface area contributed by atoms with Crippen LogP contribution in [0.4, 0.5) is 10.1 Å². The lowest BCUT2D eigenvalue weighted by Gasteiger charge is -2.28. The van der Waals surface area contributed by atoms with E-state index in [2.05, 4.69) is 5.32 Å². The Kier molecular flexibility index (Phi) is 5.41. The van der Waals surface area contributed by atoms with Crippen molar-refractivity contribution in [3.05, 3.63) is 82.9 Å². The molecular formula is C23H15FN2O5S. The monoisotopic (exact) mass is 450 g/mol. The van der Waals surface area contributed by atoms with Crippen LogP contribution >= 0.6 is 12.2 Å². The Balaban J connectivity index is 1.66. The first-order chi connectivity index (χ1) is 15.2. The highest BCUT2D eigenvalue weighted by Crippen LogP contribution is 2.28. The first-order valence-electron chi connectivity index (χ1n) is 9.36. The molecule has 1 fully saturated rings. The van der Waals surface area contributed by atoms with E-state index < -0.39 is 23.6 Å². The zero-order valence-corrected chi connectivity index (χ0v) is 17.4. The minimum Gasteiger partial charge on any atom is -0.478 e. The normalized spacial score (nSPS) is 15.2. The summed E-state index contributed by atoms with van der Waals surface area (Å²) in [5.74, 6) is -2.18. The number of hydrogen-bond acceptors (Lipinski definition) is 5. The van der Waals surface area contributed by atoms with E-state index in [1.807, 2.05) is 0 Å². The van der Waals surface area contributed by atoms with Crippen LogP contribution in [-0.4, -0.2) is 28.0 Å². The van der Waals surface area contributed by atoms with E-state index in [0.29, 0.717) is 22.6 Å². The number of hydrogen-bond donors (Lipinski definition) is 2. The number of furan rings is 1. The second kappa shape index (κ2) is 8.20. The van der Waals surface area contributed by atoms with E-state index in [1.54, 1.807) is 25.1 Å². The molecule has 7 nitrogen and oxygen atoms in total. The Morgan fingerprint density at radius 3 is 2.50 bits per heavy atom. The molecule has 1 saturated heterocycles. The van der Waals surface area contributed by atoms with Crippen LogP contribution in [0.1, 0.15) is 21.7 Å². The van der Waals surface area contributed by atoms with Crippen molar-refractivity contribution in [2.75, 3.05) is 4.90 Å². The van der Waals surface area contributed by atoms with Gasteiger partial charge < -0.3 is 9.52 Å². The molecule has 0 aliphatic carbocycles. The molecule has 0 bridgehead atoms. The van der Waals surface area contributed by atoms with Crippen LogP contribution in [0.2, 0.25) is 0 Å². The van der Waals surface area contributed by atoms with E-state index in [9.17, 15) is 18.8 Å². The van der Waals surface area contributed by atoms with E-state index in [1.165, 1.54) is 42.5 Å². The largest absolute Gasteiger partial charge is 0.478 e.